The molecule has 1 N–H and O–H groups in total. The van der Waals surface area contributed by atoms with E-state index in [2.05, 4.69) is 4.98 Å². The smallest absolute Gasteiger partial charge is 0.303 e. The molecule has 0 amide bonds. The number of para-hydroxylation sites is 1. The van der Waals surface area contributed by atoms with Crippen LogP contribution in [0.3, 0.4) is 0 Å². The van der Waals surface area contributed by atoms with Crippen molar-refractivity contribution < 1.29 is 19.0 Å². The van der Waals surface area contributed by atoms with Gasteiger partial charge < -0.3 is 14.4 Å². The number of nitrogens with zero attached hydrogens (tertiary/aromatic N) is 2. The fraction of sp³-hybridized carbons (Fsp3) is 0.333. The van der Waals surface area contributed by atoms with Crippen molar-refractivity contribution in [1.82, 2.24) is 9.55 Å². The molecule has 3 aromatic rings. The van der Waals surface area contributed by atoms with Crippen LogP contribution in [0.25, 0.3) is 11.4 Å². The van der Waals surface area contributed by atoms with Gasteiger partial charge in [-0.15, -0.1) is 0 Å². The Balaban J connectivity index is 1.72. The van der Waals surface area contributed by atoms with E-state index in [1.54, 1.807) is 12.3 Å². The minimum absolute atomic E-state index is 0.0787. The standard InChI is InChI=1S/C24H26ClFN2O3/c1-16(12-23(29)30)6-5-11-31-22-8-4-3-7-19(22)15-28-17(2)14-27-24(28)18-9-10-20(25)21(26)13-18/h3-4,7-10,13-14,16H,5-6,11-12,15H2,1-2H3,(H,29,30). The van der Waals surface area contributed by atoms with Crippen LogP contribution in [0, 0.1) is 18.7 Å². The van der Waals surface area contributed by atoms with Crippen molar-refractivity contribution in [1.29, 1.82) is 0 Å². The SMILES string of the molecule is Cc1cnc(-c2ccc(Cl)c(F)c2)n1Cc1ccccc1OCCCC(C)CC(=O)O. The maximum absolute atomic E-state index is 14.0. The van der Waals surface area contributed by atoms with Gasteiger partial charge in [0.2, 0.25) is 0 Å². The number of imidazole rings is 1. The molecule has 0 bridgehead atoms. The van der Waals surface area contributed by atoms with E-state index >= 15 is 0 Å². The molecular formula is C24H26ClFN2O3. The van der Waals surface area contributed by atoms with Crippen molar-refractivity contribution in [3.8, 4) is 17.1 Å². The predicted molar refractivity (Wildman–Crippen MR) is 119 cm³/mol. The first kappa shape index (κ1) is 22.8. The first-order valence-corrected chi connectivity index (χ1v) is 10.6. The third kappa shape index (κ3) is 6.07. The highest BCUT2D eigenvalue weighted by molar-refractivity contribution is 6.30. The number of aromatic nitrogens is 2. The summed E-state index contributed by atoms with van der Waals surface area (Å²) < 4.78 is 22.0. The summed E-state index contributed by atoms with van der Waals surface area (Å²) >= 11 is 5.82. The van der Waals surface area contributed by atoms with Crippen molar-refractivity contribution in [2.75, 3.05) is 6.61 Å². The molecule has 164 valence electrons. The van der Waals surface area contributed by atoms with Crippen LogP contribution in [0.4, 0.5) is 4.39 Å². The highest BCUT2D eigenvalue weighted by Gasteiger charge is 2.14. The zero-order valence-electron chi connectivity index (χ0n) is 17.6. The second kappa shape index (κ2) is 10.4. The molecule has 2 aromatic carbocycles. The van der Waals surface area contributed by atoms with E-state index in [0.29, 0.717) is 24.5 Å². The Morgan fingerprint density at radius 2 is 2.06 bits per heavy atom. The molecule has 0 aliphatic heterocycles. The Morgan fingerprint density at radius 3 is 2.81 bits per heavy atom. The van der Waals surface area contributed by atoms with Gasteiger partial charge in [0.1, 0.15) is 17.4 Å². The van der Waals surface area contributed by atoms with Gasteiger partial charge in [-0.05, 0) is 49.9 Å². The predicted octanol–water partition coefficient (Wildman–Crippen LogP) is 5.97. The zero-order chi connectivity index (χ0) is 22.4. The molecule has 1 aromatic heterocycles. The van der Waals surface area contributed by atoms with Gasteiger partial charge in [-0.25, -0.2) is 9.37 Å². The van der Waals surface area contributed by atoms with Crippen LogP contribution in [0.15, 0.2) is 48.7 Å². The Hall–Kier alpha value is -2.86. The summed E-state index contributed by atoms with van der Waals surface area (Å²) in [5.74, 6) is 0.297. The third-order valence-corrected chi connectivity index (χ3v) is 5.46. The maximum Gasteiger partial charge on any atom is 0.303 e. The van der Waals surface area contributed by atoms with Crippen molar-refractivity contribution in [2.45, 2.75) is 39.7 Å². The fourth-order valence-electron chi connectivity index (χ4n) is 3.49. The van der Waals surface area contributed by atoms with E-state index in [1.165, 1.54) is 12.1 Å². The summed E-state index contributed by atoms with van der Waals surface area (Å²) in [6.45, 7) is 4.93. The average molecular weight is 445 g/mol. The van der Waals surface area contributed by atoms with E-state index < -0.39 is 11.8 Å². The van der Waals surface area contributed by atoms with Gasteiger partial charge in [0.25, 0.3) is 0 Å². The number of benzene rings is 2. The fourth-order valence-corrected chi connectivity index (χ4v) is 3.60. The van der Waals surface area contributed by atoms with Crippen LogP contribution >= 0.6 is 11.6 Å². The topological polar surface area (TPSA) is 64.4 Å². The summed E-state index contributed by atoms with van der Waals surface area (Å²) in [5.41, 5.74) is 2.58. The largest absolute Gasteiger partial charge is 0.493 e. The van der Waals surface area contributed by atoms with Crippen LogP contribution in [-0.2, 0) is 11.3 Å². The zero-order valence-corrected chi connectivity index (χ0v) is 18.4. The van der Waals surface area contributed by atoms with Crippen LogP contribution < -0.4 is 4.74 Å². The van der Waals surface area contributed by atoms with Gasteiger partial charge in [0.05, 0.1) is 18.2 Å². The first-order chi connectivity index (χ1) is 14.8. The monoisotopic (exact) mass is 444 g/mol. The van der Waals surface area contributed by atoms with E-state index in [1.807, 2.05) is 42.7 Å². The third-order valence-electron chi connectivity index (χ3n) is 5.16. The first-order valence-electron chi connectivity index (χ1n) is 10.2. The highest BCUT2D eigenvalue weighted by Crippen LogP contribution is 2.27. The second-order valence-electron chi connectivity index (χ2n) is 7.74. The summed E-state index contributed by atoms with van der Waals surface area (Å²) in [6.07, 6.45) is 3.50. The Bertz CT molecular complexity index is 1050. The summed E-state index contributed by atoms with van der Waals surface area (Å²) in [6, 6.07) is 12.5. The highest BCUT2D eigenvalue weighted by atomic mass is 35.5. The minimum atomic E-state index is -0.772. The molecule has 0 saturated heterocycles. The molecule has 0 fully saturated rings. The van der Waals surface area contributed by atoms with Gasteiger partial charge in [0.15, 0.2) is 0 Å². The van der Waals surface area contributed by atoms with Crippen LogP contribution in [0.2, 0.25) is 5.02 Å². The molecule has 0 aliphatic carbocycles. The normalized spacial score (nSPS) is 12.0. The quantitative estimate of drug-likeness (QED) is 0.391. The van der Waals surface area contributed by atoms with Gasteiger partial charge in [0, 0.05) is 29.4 Å². The number of aryl methyl sites for hydroxylation is 1. The minimum Gasteiger partial charge on any atom is -0.493 e. The Labute approximate surface area is 186 Å². The van der Waals surface area contributed by atoms with Crippen molar-refractivity contribution >= 4 is 17.6 Å². The lowest BCUT2D eigenvalue weighted by atomic mass is 10.0. The number of hydrogen-bond acceptors (Lipinski definition) is 3. The van der Waals surface area contributed by atoms with Crippen molar-refractivity contribution in [3.63, 3.8) is 0 Å². The maximum atomic E-state index is 14.0. The molecule has 0 spiro atoms. The Kier molecular flexibility index (Phi) is 7.69. The number of hydrogen-bond donors (Lipinski definition) is 1. The molecule has 1 unspecified atom stereocenters. The lowest BCUT2D eigenvalue weighted by molar-refractivity contribution is -0.138. The van der Waals surface area contributed by atoms with Gasteiger partial charge in [-0.2, -0.15) is 0 Å². The summed E-state index contributed by atoms with van der Waals surface area (Å²) in [5, 5.41) is 8.95. The lowest BCUT2D eigenvalue weighted by Crippen LogP contribution is -2.09. The molecule has 5 nitrogen and oxygen atoms in total. The van der Waals surface area contributed by atoms with Gasteiger partial charge in [-0.3, -0.25) is 4.79 Å². The number of rotatable bonds is 10. The molecule has 0 saturated carbocycles. The number of carboxylic acids is 1. The van der Waals surface area contributed by atoms with Crippen LogP contribution in [-0.4, -0.2) is 27.2 Å². The van der Waals surface area contributed by atoms with Crippen LogP contribution in [0.1, 0.15) is 37.4 Å². The average Bonchev–Trinajstić information content (AvgIpc) is 3.08. The molecule has 7 heteroatoms. The van der Waals surface area contributed by atoms with Crippen LogP contribution in [0.5, 0.6) is 5.75 Å². The number of carbonyl (C=O) groups is 1. The summed E-state index contributed by atoms with van der Waals surface area (Å²) in [7, 11) is 0. The Morgan fingerprint density at radius 1 is 1.29 bits per heavy atom. The summed E-state index contributed by atoms with van der Waals surface area (Å²) in [4.78, 5) is 15.3. The molecule has 0 radical (unpaired) electrons. The molecular weight excluding hydrogens is 419 g/mol. The number of halogens is 2. The van der Waals surface area contributed by atoms with E-state index in [9.17, 15) is 9.18 Å². The second-order valence-corrected chi connectivity index (χ2v) is 8.15. The van der Waals surface area contributed by atoms with Crippen molar-refractivity contribution in [3.05, 3.63) is 70.8 Å². The van der Waals surface area contributed by atoms with E-state index in [0.717, 1.165) is 29.8 Å². The molecule has 3 rings (SSSR count). The molecule has 1 atom stereocenters. The van der Waals surface area contributed by atoms with Crippen molar-refractivity contribution in [2.24, 2.45) is 5.92 Å². The number of ether oxygens (including phenoxy) is 1. The van der Waals surface area contributed by atoms with E-state index in [4.69, 9.17) is 21.4 Å². The van der Waals surface area contributed by atoms with Gasteiger partial charge in [-0.1, -0.05) is 36.7 Å². The number of carboxylic acid groups (broad SMARTS) is 1. The molecule has 0 aliphatic rings. The molecule has 31 heavy (non-hydrogen) atoms. The van der Waals surface area contributed by atoms with E-state index in [-0.39, 0.29) is 17.4 Å². The van der Waals surface area contributed by atoms with Gasteiger partial charge >= 0.3 is 5.97 Å². The molecule has 1 heterocycles. The lowest BCUT2D eigenvalue weighted by Gasteiger charge is -2.15. The number of aliphatic carboxylic acids is 1.